The minimum Gasteiger partial charge on any atom is -0.497 e. The van der Waals surface area contributed by atoms with Crippen molar-refractivity contribution in [3.05, 3.63) is 70.1 Å². The molecule has 0 radical (unpaired) electrons. The third-order valence-corrected chi connectivity index (χ3v) is 6.71. The molecule has 33 heavy (non-hydrogen) atoms. The highest BCUT2D eigenvalue weighted by Crippen LogP contribution is 2.41. The number of ether oxygens (including phenoxy) is 2. The van der Waals surface area contributed by atoms with Gasteiger partial charge in [0, 0.05) is 16.0 Å². The van der Waals surface area contributed by atoms with Crippen LogP contribution in [0, 0.1) is 6.92 Å². The Morgan fingerprint density at radius 2 is 1.70 bits per heavy atom. The number of aryl methyl sites for hydroxylation is 1. The van der Waals surface area contributed by atoms with Crippen LogP contribution in [0.25, 0.3) is 11.1 Å². The highest BCUT2D eigenvalue weighted by molar-refractivity contribution is 7.17. The molecule has 0 unspecified atom stereocenters. The number of benzene rings is 2. The molecule has 0 aliphatic rings. The molecule has 0 spiro atoms. The summed E-state index contributed by atoms with van der Waals surface area (Å²) in [5.74, 6) is 0.427. The first-order valence-electron chi connectivity index (χ1n) is 11.3. The van der Waals surface area contributed by atoms with E-state index in [9.17, 15) is 9.59 Å². The van der Waals surface area contributed by atoms with E-state index in [-0.39, 0.29) is 5.91 Å². The highest BCUT2D eigenvalue weighted by Gasteiger charge is 2.26. The second-order valence-corrected chi connectivity index (χ2v) is 9.21. The fraction of sp³-hybridized carbons (Fsp3) is 0.333. The zero-order valence-corrected chi connectivity index (χ0v) is 20.7. The van der Waals surface area contributed by atoms with Crippen molar-refractivity contribution >= 4 is 28.2 Å². The maximum Gasteiger partial charge on any atom is 0.341 e. The Morgan fingerprint density at radius 3 is 2.27 bits per heavy atom. The van der Waals surface area contributed by atoms with Gasteiger partial charge in [0.05, 0.1) is 13.7 Å². The second kappa shape index (κ2) is 11.1. The zero-order chi connectivity index (χ0) is 24.0. The summed E-state index contributed by atoms with van der Waals surface area (Å²) < 4.78 is 10.7. The summed E-state index contributed by atoms with van der Waals surface area (Å²) in [5.41, 5.74) is 3.89. The number of amides is 1. The van der Waals surface area contributed by atoms with Crippen LogP contribution in [0.15, 0.2) is 48.5 Å². The number of hydrogen-bond donors (Lipinski definition) is 1. The summed E-state index contributed by atoms with van der Waals surface area (Å²) in [6.45, 7) is 8.60. The summed E-state index contributed by atoms with van der Waals surface area (Å²) in [5, 5.41) is 3.43. The molecular formula is C27H31NO4S. The predicted molar refractivity (Wildman–Crippen MR) is 135 cm³/mol. The van der Waals surface area contributed by atoms with Crippen molar-refractivity contribution in [2.45, 2.75) is 46.5 Å². The first-order valence-corrected chi connectivity index (χ1v) is 12.1. The van der Waals surface area contributed by atoms with Crippen LogP contribution < -0.4 is 10.1 Å². The van der Waals surface area contributed by atoms with E-state index in [2.05, 4.69) is 31.3 Å². The monoisotopic (exact) mass is 465 g/mol. The van der Waals surface area contributed by atoms with Gasteiger partial charge < -0.3 is 14.8 Å². The largest absolute Gasteiger partial charge is 0.497 e. The van der Waals surface area contributed by atoms with E-state index in [4.69, 9.17) is 9.47 Å². The number of hydrogen-bond acceptors (Lipinski definition) is 5. The Labute approximate surface area is 199 Å². The van der Waals surface area contributed by atoms with Gasteiger partial charge in [-0.1, -0.05) is 45.0 Å². The van der Waals surface area contributed by atoms with Gasteiger partial charge in [-0.2, -0.15) is 0 Å². The van der Waals surface area contributed by atoms with Crippen LogP contribution in [0.1, 0.15) is 70.7 Å². The molecule has 3 rings (SSSR count). The van der Waals surface area contributed by atoms with Crippen LogP contribution in [0.4, 0.5) is 5.00 Å². The smallest absolute Gasteiger partial charge is 0.341 e. The molecule has 1 N–H and O–H groups in total. The molecule has 1 heterocycles. The Kier molecular flexibility index (Phi) is 8.28. The van der Waals surface area contributed by atoms with Crippen molar-refractivity contribution < 1.29 is 19.1 Å². The molecule has 1 aromatic heterocycles. The number of carbonyl (C=O) groups is 2. The normalized spacial score (nSPS) is 11.7. The standard InChI is InChI=1S/C27H31NO4S/c1-6-16-32-27(30)24-23(20-10-8-19(9-11-20)17(3)7-2)18(4)33-26(24)28-25(29)21-12-14-22(31-5)15-13-21/h8-15,17H,6-7,16H2,1-5H3,(H,28,29)/t17-/m0/s1. The Balaban J connectivity index is 1.99. The lowest BCUT2D eigenvalue weighted by molar-refractivity contribution is 0.0507. The number of anilines is 1. The molecule has 0 saturated carbocycles. The van der Waals surface area contributed by atoms with Gasteiger partial charge in [-0.3, -0.25) is 4.79 Å². The van der Waals surface area contributed by atoms with Gasteiger partial charge in [-0.05, 0) is 61.1 Å². The van der Waals surface area contributed by atoms with E-state index in [1.807, 2.05) is 26.0 Å². The SMILES string of the molecule is CCCOC(=O)c1c(NC(=O)c2ccc(OC)cc2)sc(C)c1-c1ccc([C@@H](C)CC)cc1. The molecule has 0 fully saturated rings. The molecule has 0 aliphatic carbocycles. The Hall–Kier alpha value is -3.12. The van der Waals surface area contributed by atoms with E-state index in [0.29, 0.717) is 34.4 Å². The number of methoxy groups -OCH3 is 1. The zero-order valence-electron chi connectivity index (χ0n) is 19.9. The summed E-state index contributed by atoms with van der Waals surface area (Å²) >= 11 is 1.39. The van der Waals surface area contributed by atoms with E-state index < -0.39 is 5.97 Å². The van der Waals surface area contributed by atoms with Crippen LogP contribution in [0.3, 0.4) is 0 Å². The number of thiophene rings is 1. The first-order chi connectivity index (χ1) is 15.9. The lowest BCUT2D eigenvalue weighted by Gasteiger charge is -2.12. The molecule has 1 atom stereocenters. The molecular weight excluding hydrogens is 434 g/mol. The number of nitrogens with one attached hydrogen (secondary N) is 1. The summed E-state index contributed by atoms with van der Waals surface area (Å²) in [4.78, 5) is 26.9. The van der Waals surface area contributed by atoms with Gasteiger partial charge in [0.25, 0.3) is 5.91 Å². The van der Waals surface area contributed by atoms with Crippen molar-refractivity contribution in [3.63, 3.8) is 0 Å². The van der Waals surface area contributed by atoms with Crippen LogP contribution in [-0.4, -0.2) is 25.6 Å². The van der Waals surface area contributed by atoms with Crippen LogP contribution in [0.2, 0.25) is 0 Å². The molecule has 6 heteroatoms. The minimum absolute atomic E-state index is 0.290. The predicted octanol–water partition coefficient (Wildman–Crippen LogP) is 7.06. The maximum absolute atomic E-state index is 13.1. The molecule has 3 aromatic rings. The van der Waals surface area contributed by atoms with Crippen molar-refractivity contribution in [1.82, 2.24) is 0 Å². The summed E-state index contributed by atoms with van der Waals surface area (Å²) in [7, 11) is 1.58. The number of rotatable bonds is 9. The molecule has 5 nitrogen and oxygen atoms in total. The van der Waals surface area contributed by atoms with E-state index >= 15 is 0 Å². The van der Waals surface area contributed by atoms with Crippen LogP contribution >= 0.6 is 11.3 Å². The average molecular weight is 466 g/mol. The topological polar surface area (TPSA) is 64.6 Å². The molecule has 0 bridgehead atoms. The van der Waals surface area contributed by atoms with Gasteiger partial charge in [0.2, 0.25) is 0 Å². The summed E-state index contributed by atoms with van der Waals surface area (Å²) in [6.07, 6.45) is 1.79. The molecule has 1 amide bonds. The number of carbonyl (C=O) groups excluding carboxylic acids is 2. The lowest BCUT2D eigenvalue weighted by Crippen LogP contribution is -2.15. The van der Waals surface area contributed by atoms with Crippen LogP contribution in [0.5, 0.6) is 5.75 Å². The van der Waals surface area contributed by atoms with Gasteiger partial charge >= 0.3 is 5.97 Å². The quantitative estimate of drug-likeness (QED) is 0.343. The fourth-order valence-corrected chi connectivity index (χ4v) is 4.63. The molecule has 174 valence electrons. The Morgan fingerprint density at radius 1 is 1.03 bits per heavy atom. The maximum atomic E-state index is 13.1. The van der Waals surface area contributed by atoms with Gasteiger partial charge in [-0.25, -0.2) is 4.79 Å². The van der Waals surface area contributed by atoms with E-state index in [0.717, 1.165) is 28.8 Å². The number of esters is 1. The molecule has 2 aromatic carbocycles. The van der Waals surface area contributed by atoms with Gasteiger partial charge in [0.1, 0.15) is 16.3 Å². The van der Waals surface area contributed by atoms with Gasteiger partial charge in [0.15, 0.2) is 0 Å². The van der Waals surface area contributed by atoms with E-state index in [1.54, 1.807) is 31.4 Å². The minimum atomic E-state index is -0.424. The van der Waals surface area contributed by atoms with Crippen molar-refractivity contribution in [2.24, 2.45) is 0 Å². The first kappa shape index (κ1) is 24.5. The third-order valence-electron chi connectivity index (χ3n) is 5.69. The highest BCUT2D eigenvalue weighted by atomic mass is 32.1. The third kappa shape index (κ3) is 5.63. The Bertz CT molecular complexity index is 1100. The molecule has 0 saturated heterocycles. The van der Waals surface area contributed by atoms with Crippen molar-refractivity contribution in [2.75, 3.05) is 19.0 Å². The fourth-order valence-electron chi connectivity index (χ4n) is 3.57. The van der Waals surface area contributed by atoms with Crippen molar-refractivity contribution in [1.29, 1.82) is 0 Å². The van der Waals surface area contributed by atoms with Crippen LogP contribution in [-0.2, 0) is 4.74 Å². The lowest BCUT2D eigenvalue weighted by atomic mass is 9.94. The summed E-state index contributed by atoms with van der Waals surface area (Å²) in [6, 6.07) is 15.2. The average Bonchev–Trinajstić information content (AvgIpc) is 3.17. The van der Waals surface area contributed by atoms with Gasteiger partial charge in [-0.15, -0.1) is 11.3 Å². The van der Waals surface area contributed by atoms with E-state index in [1.165, 1.54) is 16.9 Å². The molecule has 0 aliphatic heterocycles. The van der Waals surface area contributed by atoms with Crippen molar-refractivity contribution in [3.8, 4) is 16.9 Å². The second-order valence-electron chi connectivity index (χ2n) is 7.99.